The first-order valence-electron chi connectivity index (χ1n) is 7.24. The van der Waals surface area contributed by atoms with Crippen LogP contribution in [0.15, 0.2) is 42.5 Å². The number of fused-ring (bicyclic) bond motifs is 1. The van der Waals surface area contributed by atoms with Crippen LogP contribution in [0.3, 0.4) is 0 Å². The van der Waals surface area contributed by atoms with Gasteiger partial charge in [0.1, 0.15) is 5.82 Å². The van der Waals surface area contributed by atoms with Crippen molar-refractivity contribution in [3.8, 4) is 0 Å². The van der Waals surface area contributed by atoms with E-state index in [-0.39, 0.29) is 5.82 Å². The molecule has 1 nitrogen and oxygen atoms in total. The van der Waals surface area contributed by atoms with Crippen LogP contribution in [0.4, 0.5) is 10.1 Å². The van der Waals surface area contributed by atoms with Gasteiger partial charge in [0.15, 0.2) is 0 Å². The molecule has 2 aromatic carbocycles. The zero-order valence-corrected chi connectivity index (χ0v) is 12.0. The summed E-state index contributed by atoms with van der Waals surface area (Å²) in [6.07, 6.45) is 1.82. The fourth-order valence-corrected chi connectivity index (χ4v) is 3.18. The van der Waals surface area contributed by atoms with E-state index < -0.39 is 0 Å². The number of para-hydroxylation sites is 1. The second-order valence-electron chi connectivity index (χ2n) is 5.86. The molecule has 0 amide bonds. The third-order valence-corrected chi connectivity index (χ3v) is 4.11. The summed E-state index contributed by atoms with van der Waals surface area (Å²) in [5.74, 6) is 0.304. The monoisotopic (exact) mass is 269 g/mol. The summed E-state index contributed by atoms with van der Waals surface area (Å²) in [6, 6.07) is 14.2. The number of aryl methyl sites for hydroxylation is 1. The van der Waals surface area contributed by atoms with E-state index in [1.165, 1.54) is 11.3 Å². The minimum atomic E-state index is -0.0840. The molecule has 3 rings (SSSR count). The van der Waals surface area contributed by atoms with Gasteiger partial charge >= 0.3 is 0 Å². The van der Waals surface area contributed by atoms with Gasteiger partial charge in [-0.2, -0.15) is 0 Å². The van der Waals surface area contributed by atoms with E-state index in [0.29, 0.717) is 12.0 Å². The van der Waals surface area contributed by atoms with Crippen molar-refractivity contribution in [3.05, 3.63) is 65.0 Å². The van der Waals surface area contributed by atoms with Crippen LogP contribution in [0.25, 0.3) is 0 Å². The Labute approximate surface area is 119 Å². The third-order valence-electron chi connectivity index (χ3n) is 4.11. The lowest BCUT2D eigenvalue weighted by Gasteiger charge is -2.31. The highest BCUT2D eigenvalue weighted by molar-refractivity contribution is 5.56. The lowest BCUT2D eigenvalue weighted by atomic mass is 9.83. The summed E-state index contributed by atoms with van der Waals surface area (Å²) in [7, 11) is 0. The molecule has 1 N–H and O–H groups in total. The van der Waals surface area contributed by atoms with Gasteiger partial charge in [-0.15, -0.1) is 0 Å². The number of nitrogens with one attached hydrogen (secondary N) is 1. The SMILES string of the molecule is Cc1ccc(F)c(CC2CC(C)Nc3ccccc32)c1. The van der Waals surface area contributed by atoms with E-state index in [4.69, 9.17) is 0 Å². The molecule has 1 heterocycles. The molecule has 0 aromatic heterocycles. The van der Waals surface area contributed by atoms with E-state index in [2.05, 4.69) is 30.4 Å². The lowest BCUT2D eigenvalue weighted by molar-refractivity contribution is 0.531. The van der Waals surface area contributed by atoms with Gasteiger partial charge in [-0.05, 0) is 55.9 Å². The zero-order valence-electron chi connectivity index (χ0n) is 12.0. The number of halogens is 1. The van der Waals surface area contributed by atoms with Crippen LogP contribution >= 0.6 is 0 Å². The molecule has 0 bridgehead atoms. The minimum Gasteiger partial charge on any atom is -0.382 e. The van der Waals surface area contributed by atoms with Gasteiger partial charge in [0.05, 0.1) is 0 Å². The van der Waals surface area contributed by atoms with Gasteiger partial charge in [-0.25, -0.2) is 4.39 Å². The second kappa shape index (κ2) is 5.28. The molecule has 0 saturated carbocycles. The third kappa shape index (κ3) is 2.55. The molecular formula is C18H20FN. The Bertz CT molecular complexity index is 621. The summed E-state index contributed by atoms with van der Waals surface area (Å²) < 4.78 is 14.0. The van der Waals surface area contributed by atoms with Crippen LogP contribution in [0.2, 0.25) is 0 Å². The van der Waals surface area contributed by atoms with Crippen molar-refractivity contribution in [1.29, 1.82) is 0 Å². The molecule has 0 fully saturated rings. The predicted octanol–water partition coefficient (Wildman–Crippen LogP) is 4.66. The molecule has 2 aromatic rings. The quantitative estimate of drug-likeness (QED) is 0.835. The lowest BCUT2D eigenvalue weighted by Crippen LogP contribution is -2.26. The van der Waals surface area contributed by atoms with Crippen LogP contribution in [-0.4, -0.2) is 6.04 Å². The zero-order chi connectivity index (χ0) is 14.1. The molecule has 2 heteroatoms. The molecule has 1 aliphatic heterocycles. The highest BCUT2D eigenvalue weighted by atomic mass is 19.1. The number of benzene rings is 2. The summed E-state index contributed by atoms with van der Waals surface area (Å²) in [4.78, 5) is 0. The van der Waals surface area contributed by atoms with Crippen molar-refractivity contribution in [3.63, 3.8) is 0 Å². The predicted molar refractivity (Wildman–Crippen MR) is 81.7 cm³/mol. The summed E-state index contributed by atoms with van der Waals surface area (Å²) in [5.41, 5.74) is 4.46. The standard InChI is InChI=1S/C18H20FN/c1-12-7-8-17(19)15(9-12)11-14-10-13(2)20-18-6-4-3-5-16(14)18/h3-9,13-14,20H,10-11H2,1-2H3. The maximum absolute atomic E-state index is 14.0. The largest absolute Gasteiger partial charge is 0.382 e. The Hall–Kier alpha value is -1.83. The molecule has 0 radical (unpaired) electrons. The number of anilines is 1. The van der Waals surface area contributed by atoms with E-state index >= 15 is 0 Å². The number of hydrogen-bond acceptors (Lipinski definition) is 1. The molecule has 2 unspecified atom stereocenters. The maximum Gasteiger partial charge on any atom is 0.126 e. The van der Waals surface area contributed by atoms with Crippen LogP contribution < -0.4 is 5.32 Å². The topological polar surface area (TPSA) is 12.0 Å². The summed E-state index contributed by atoms with van der Waals surface area (Å²) in [5, 5.41) is 3.51. The van der Waals surface area contributed by atoms with Crippen LogP contribution in [0, 0.1) is 12.7 Å². The van der Waals surface area contributed by atoms with Crippen LogP contribution in [0.5, 0.6) is 0 Å². The van der Waals surface area contributed by atoms with E-state index in [1.54, 1.807) is 6.07 Å². The van der Waals surface area contributed by atoms with E-state index in [0.717, 1.165) is 24.0 Å². The van der Waals surface area contributed by atoms with Crippen LogP contribution in [0.1, 0.15) is 36.0 Å². The fraction of sp³-hybridized carbons (Fsp3) is 0.333. The van der Waals surface area contributed by atoms with Crippen molar-refractivity contribution in [2.75, 3.05) is 5.32 Å². The first kappa shape index (κ1) is 13.2. The van der Waals surface area contributed by atoms with Crippen molar-refractivity contribution in [2.45, 2.75) is 38.6 Å². The Morgan fingerprint density at radius 3 is 2.85 bits per heavy atom. The van der Waals surface area contributed by atoms with Crippen molar-refractivity contribution in [1.82, 2.24) is 0 Å². The molecule has 104 valence electrons. The van der Waals surface area contributed by atoms with Gasteiger partial charge in [0.25, 0.3) is 0 Å². The number of rotatable bonds is 2. The number of hydrogen-bond donors (Lipinski definition) is 1. The Kier molecular flexibility index (Phi) is 3.47. The Morgan fingerprint density at radius 2 is 2.00 bits per heavy atom. The van der Waals surface area contributed by atoms with Crippen molar-refractivity contribution in [2.24, 2.45) is 0 Å². The van der Waals surface area contributed by atoms with Gasteiger partial charge < -0.3 is 5.32 Å². The Morgan fingerprint density at radius 1 is 1.20 bits per heavy atom. The van der Waals surface area contributed by atoms with Crippen molar-refractivity contribution >= 4 is 5.69 Å². The fourth-order valence-electron chi connectivity index (χ4n) is 3.18. The summed E-state index contributed by atoms with van der Waals surface area (Å²) >= 11 is 0. The minimum absolute atomic E-state index is 0.0840. The van der Waals surface area contributed by atoms with E-state index in [1.807, 2.05) is 25.1 Å². The second-order valence-corrected chi connectivity index (χ2v) is 5.86. The van der Waals surface area contributed by atoms with E-state index in [9.17, 15) is 4.39 Å². The van der Waals surface area contributed by atoms with Crippen LogP contribution in [-0.2, 0) is 6.42 Å². The first-order chi connectivity index (χ1) is 9.63. The van der Waals surface area contributed by atoms with Gasteiger partial charge in [0, 0.05) is 11.7 Å². The highest BCUT2D eigenvalue weighted by Gasteiger charge is 2.24. The molecule has 2 atom stereocenters. The first-order valence-corrected chi connectivity index (χ1v) is 7.24. The molecule has 1 aliphatic rings. The van der Waals surface area contributed by atoms with Crippen molar-refractivity contribution < 1.29 is 4.39 Å². The van der Waals surface area contributed by atoms with Gasteiger partial charge in [0.2, 0.25) is 0 Å². The maximum atomic E-state index is 14.0. The molecular weight excluding hydrogens is 249 g/mol. The van der Waals surface area contributed by atoms with Gasteiger partial charge in [-0.1, -0.05) is 35.9 Å². The summed E-state index contributed by atoms with van der Waals surface area (Å²) in [6.45, 7) is 4.21. The molecule has 0 spiro atoms. The average molecular weight is 269 g/mol. The Balaban J connectivity index is 1.93. The normalized spacial score (nSPS) is 21.1. The smallest absolute Gasteiger partial charge is 0.126 e. The van der Waals surface area contributed by atoms with Gasteiger partial charge in [-0.3, -0.25) is 0 Å². The molecule has 20 heavy (non-hydrogen) atoms. The average Bonchev–Trinajstić information content (AvgIpc) is 2.43. The molecule has 0 saturated heterocycles. The molecule has 0 aliphatic carbocycles. The highest BCUT2D eigenvalue weighted by Crippen LogP contribution is 2.36.